The number of aryl methyl sites for hydroxylation is 1. The lowest BCUT2D eigenvalue weighted by atomic mass is 10.2. The predicted molar refractivity (Wildman–Crippen MR) is 76.6 cm³/mol. The first-order valence-corrected chi connectivity index (χ1v) is 7.38. The Bertz CT molecular complexity index is 339. The van der Waals surface area contributed by atoms with Gasteiger partial charge in [-0.25, -0.2) is 4.98 Å². The summed E-state index contributed by atoms with van der Waals surface area (Å²) >= 11 is 1.88. The van der Waals surface area contributed by atoms with Crippen molar-refractivity contribution >= 4 is 11.8 Å². The van der Waals surface area contributed by atoms with Crippen LogP contribution in [0, 0.1) is 6.92 Å². The number of thioether (sulfide) groups is 1. The Morgan fingerprint density at radius 3 is 2.76 bits per heavy atom. The Balaban J connectivity index is 2.59. The minimum atomic E-state index is 0.644. The van der Waals surface area contributed by atoms with Gasteiger partial charge in [-0.15, -0.1) is 11.8 Å². The highest BCUT2D eigenvalue weighted by Gasteiger charge is 2.06. The van der Waals surface area contributed by atoms with Gasteiger partial charge in [0.15, 0.2) is 0 Å². The molecule has 0 amide bonds. The third kappa shape index (κ3) is 5.09. The molecule has 2 nitrogen and oxygen atoms in total. The maximum Gasteiger partial charge on any atom is 0.0991 e. The van der Waals surface area contributed by atoms with Gasteiger partial charge in [0.05, 0.1) is 5.03 Å². The van der Waals surface area contributed by atoms with E-state index >= 15 is 0 Å². The molecule has 1 heterocycles. The van der Waals surface area contributed by atoms with E-state index in [9.17, 15) is 0 Å². The molecule has 1 N–H and O–H groups in total. The number of pyridine rings is 1. The first-order chi connectivity index (χ1) is 8.17. The third-order valence-corrected chi connectivity index (χ3v) is 4.12. The van der Waals surface area contributed by atoms with E-state index in [1.165, 1.54) is 29.0 Å². The van der Waals surface area contributed by atoms with Crippen molar-refractivity contribution in [1.29, 1.82) is 0 Å². The van der Waals surface area contributed by atoms with Gasteiger partial charge in [-0.1, -0.05) is 26.8 Å². The van der Waals surface area contributed by atoms with Crippen molar-refractivity contribution in [3.63, 3.8) is 0 Å². The molecule has 0 aliphatic heterocycles. The van der Waals surface area contributed by atoms with E-state index in [1.54, 1.807) is 0 Å². The number of hydrogen-bond donors (Lipinski definition) is 1. The molecule has 0 bridgehead atoms. The van der Waals surface area contributed by atoms with Gasteiger partial charge in [0, 0.05) is 18.0 Å². The summed E-state index contributed by atoms with van der Waals surface area (Å²) in [6.07, 6.45) is 4.36. The fourth-order valence-electron chi connectivity index (χ4n) is 1.52. The largest absolute Gasteiger partial charge is 0.313 e. The predicted octanol–water partition coefficient (Wildman–Crippen LogP) is 3.78. The second kappa shape index (κ2) is 7.72. The molecule has 17 heavy (non-hydrogen) atoms. The van der Waals surface area contributed by atoms with Crippen molar-refractivity contribution in [2.75, 3.05) is 6.54 Å². The van der Waals surface area contributed by atoms with Crippen LogP contribution < -0.4 is 5.32 Å². The lowest BCUT2D eigenvalue weighted by molar-refractivity contribution is 0.672. The van der Waals surface area contributed by atoms with E-state index in [0.717, 1.165) is 13.1 Å². The molecule has 1 atom stereocenters. The highest BCUT2D eigenvalue weighted by Crippen LogP contribution is 2.26. The van der Waals surface area contributed by atoms with Crippen LogP contribution in [-0.2, 0) is 6.54 Å². The lowest BCUT2D eigenvalue weighted by Crippen LogP contribution is -2.14. The van der Waals surface area contributed by atoms with Crippen LogP contribution in [0.3, 0.4) is 0 Å². The second-order valence-corrected chi connectivity index (χ2v) is 5.91. The minimum absolute atomic E-state index is 0.644. The maximum absolute atomic E-state index is 4.57. The molecule has 0 aliphatic carbocycles. The van der Waals surface area contributed by atoms with Crippen LogP contribution in [0.5, 0.6) is 0 Å². The van der Waals surface area contributed by atoms with Crippen molar-refractivity contribution in [2.45, 2.75) is 57.4 Å². The van der Waals surface area contributed by atoms with Crippen molar-refractivity contribution in [3.05, 3.63) is 23.4 Å². The molecule has 0 aliphatic rings. The van der Waals surface area contributed by atoms with E-state index in [0.29, 0.717) is 5.25 Å². The molecule has 3 heteroatoms. The molecule has 0 fully saturated rings. The normalized spacial score (nSPS) is 12.7. The first-order valence-electron chi connectivity index (χ1n) is 6.50. The maximum atomic E-state index is 4.57. The number of nitrogens with one attached hydrogen (secondary N) is 1. The summed E-state index contributed by atoms with van der Waals surface area (Å²) < 4.78 is 0. The fraction of sp³-hybridized carbons (Fsp3) is 0.643. The van der Waals surface area contributed by atoms with Gasteiger partial charge in [0.1, 0.15) is 0 Å². The van der Waals surface area contributed by atoms with Crippen LogP contribution in [0.15, 0.2) is 17.3 Å². The molecule has 1 aromatic heterocycles. The molecule has 0 radical (unpaired) electrons. The van der Waals surface area contributed by atoms with Crippen molar-refractivity contribution in [1.82, 2.24) is 10.3 Å². The molecule has 0 saturated heterocycles. The van der Waals surface area contributed by atoms with Gasteiger partial charge >= 0.3 is 0 Å². The van der Waals surface area contributed by atoms with Crippen molar-refractivity contribution < 1.29 is 0 Å². The molecule has 96 valence electrons. The Labute approximate surface area is 110 Å². The van der Waals surface area contributed by atoms with E-state index < -0.39 is 0 Å². The molecule has 0 aromatic carbocycles. The summed E-state index contributed by atoms with van der Waals surface area (Å²) in [5.41, 5.74) is 2.58. The molecule has 1 rings (SSSR count). The standard InChI is InChI=1S/C14H24N2S/c1-5-7-15-9-13-8-11(3)14(16-10-13)17-12(4)6-2/h8,10,12,15H,5-7,9H2,1-4H3. The average Bonchev–Trinajstić information content (AvgIpc) is 2.32. The van der Waals surface area contributed by atoms with Gasteiger partial charge in [-0.3, -0.25) is 0 Å². The van der Waals surface area contributed by atoms with Crippen molar-refractivity contribution in [3.8, 4) is 0 Å². The van der Waals surface area contributed by atoms with Crippen LogP contribution in [-0.4, -0.2) is 16.8 Å². The Kier molecular flexibility index (Phi) is 6.60. The van der Waals surface area contributed by atoms with Gasteiger partial charge in [-0.2, -0.15) is 0 Å². The van der Waals surface area contributed by atoms with Crippen LogP contribution in [0.4, 0.5) is 0 Å². The Morgan fingerprint density at radius 1 is 1.41 bits per heavy atom. The number of nitrogens with zero attached hydrogens (tertiary/aromatic N) is 1. The minimum Gasteiger partial charge on any atom is -0.313 e. The van der Waals surface area contributed by atoms with Gasteiger partial charge in [0.2, 0.25) is 0 Å². The monoisotopic (exact) mass is 252 g/mol. The van der Waals surface area contributed by atoms with E-state index in [4.69, 9.17) is 0 Å². The van der Waals surface area contributed by atoms with E-state index in [2.05, 4.69) is 44.1 Å². The SMILES string of the molecule is CCCNCc1cnc(SC(C)CC)c(C)c1. The first kappa shape index (κ1) is 14.5. The van der Waals surface area contributed by atoms with Crippen LogP contribution in [0.1, 0.15) is 44.7 Å². The highest BCUT2D eigenvalue weighted by molar-refractivity contribution is 7.99. The zero-order valence-electron chi connectivity index (χ0n) is 11.4. The summed E-state index contributed by atoms with van der Waals surface area (Å²) in [5.74, 6) is 0. The smallest absolute Gasteiger partial charge is 0.0991 e. The average molecular weight is 252 g/mol. The molecule has 1 aromatic rings. The highest BCUT2D eigenvalue weighted by atomic mass is 32.2. The number of aromatic nitrogens is 1. The van der Waals surface area contributed by atoms with Gasteiger partial charge in [-0.05, 0) is 37.4 Å². The molecule has 0 spiro atoms. The van der Waals surface area contributed by atoms with Crippen LogP contribution in [0.25, 0.3) is 0 Å². The number of hydrogen-bond acceptors (Lipinski definition) is 3. The molecular weight excluding hydrogens is 228 g/mol. The quantitative estimate of drug-likeness (QED) is 0.590. The van der Waals surface area contributed by atoms with Gasteiger partial charge < -0.3 is 5.32 Å². The summed E-state index contributed by atoms with van der Waals surface area (Å²) in [7, 11) is 0. The summed E-state index contributed by atoms with van der Waals surface area (Å²) in [4.78, 5) is 4.57. The summed E-state index contributed by atoms with van der Waals surface area (Å²) in [6.45, 7) is 10.8. The zero-order chi connectivity index (χ0) is 12.7. The molecular formula is C14H24N2S. The van der Waals surface area contributed by atoms with E-state index in [1.807, 2.05) is 18.0 Å². The topological polar surface area (TPSA) is 24.9 Å². The van der Waals surface area contributed by atoms with Crippen LogP contribution in [0.2, 0.25) is 0 Å². The second-order valence-electron chi connectivity index (χ2n) is 4.48. The summed E-state index contributed by atoms with van der Waals surface area (Å²) in [6, 6.07) is 2.25. The Hall–Kier alpha value is -0.540. The molecule has 1 unspecified atom stereocenters. The molecule has 0 saturated carbocycles. The third-order valence-electron chi connectivity index (χ3n) is 2.73. The van der Waals surface area contributed by atoms with E-state index in [-0.39, 0.29) is 0 Å². The summed E-state index contributed by atoms with van der Waals surface area (Å²) in [5, 5.41) is 5.23. The fourth-order valence-corrected chi connectivity index (χ4v) is 2.43. The van der Waals surface area contributed by atoms with Crippen molar-refractivity contribution in [2.24, 2.45) is 0 Å². The number of rotatable bonds is 7. The van der Waals surface area contributed by atoms with Gasteiger partial charge in [0.25, 0.3) is 0 Å². The van der Waals surface area contributed by atoms with Crippen LogP contribution >= 0.6 is 11.8 Å². The Morgan fingerprint density at radius 2 is 2.18 bits per heavy atom. The lowest BCUT2D eigenvalue weighted by Gasteiger charge is -2.11. The zero-order valence-corrected chi connectivity index (χ0v) is 12.2.